The highest BCUT2D eigenvalue weighted by Crippen LogP contribution is 2.31. The number of aliphatic hydroxyl groups excluding tert-OH is 1. The summed E-state index contributed by atoms with van der Waals surface area (Å²) >= 11 is 1.09. The molecule has 37 heavy (non-hydrogen) atoms. The van der Waals surface area contributed by atoms with E-state index in [4.69, 9.17) is 10.8 Å². The average Bonchev–Trinajstić information content (AvgIpc) is 2.88. The number of pyridine rings is 2. The number of rotatable bonds is 11. The van der Waals surface area contributed by atoms with E-state index in [0.717, 1.165) is 24.1 Å². The van der Waals surface area contributed by atoms with Gasteiger partial charge < -0.3 is 20.9 Å². The van der Waals surface area contributed by atoms with Crippen LogP contribution in [0.4, 0.5) is 24.7 Å². The summed E-state index contributed by atoms with van der Waals surface area (Å²) in [6.07, 6.45) is 0.260. The van der Waals surface area contributed by atoms with E-state index >= 15 is 0 Å². The first kappa shape index (κ1) is 27.9. The first-order valence-electron chi connectivity index (χ1n) is 11.0. The van der Waals surface area contributed by atoms with E-state index in [1.54, 1.807) is 24.3 Å². The Kier molecular flexibility index (Phi) is 9.83. The van der Waals surface area contributed by atoms with Crippen LogP contribution in [0.1, 0.15) is 28.8 Å². The van der Waals surface area contributed by atoms with E-state index in [-0.39, 0.29) is 23.7 Å². The number of aromatic nitrogens is 2. The van der Waals surface area contributed by atoms with Crippen LogP contribution in [-0.2, 0) is 10.5 Å². The van der Waals surface area contributed by atoms with Crippen LogP contribution < -0.4 is 20.1 Å². The molecule has 1 atom stereocenters. The minimum Gasteiger partial charge on any atom is -0.406 e. The van der Waals surface area contributed by atoms with Crippen molar-refractivity contribution >= 4 is 35.3 Å². The fourth-order valence-electron chi connectivity index (χ4n) is 3.07. The Morgan fingerprint density at radius 3 is 2.57 bits per heavy atom. The minimum absolute atomic E-state index is 0.0711. The molecule has 0 unspecified atom stereocenters. The van der Waals surface area contributed by atoms with Gasteiger partial charge in [0.25, 0.3) is 5.91 Å². The van der Waals surface area contributed by atoms with Crippen molar-refractivity contribution in [3.8, 4) is 5.75 Å². The molecule has 3 rings (SSSR count). The van der Waals surface area contributed by atoms with Crippen LogP contribution >= 0.6 is 11.9 Å². The van der Waals surface area contributed by atoms with E-state index in [9.17, 15) is 22.8 Å². The molecule has 9 nitrogen and oxygen atoms in total. The summed E-state index contributed by atoms with van der Waals surface area (Å²) in [6.45, 7) is -0.0711. The number of hydrogen-bond acceptors (Lipinski definition) is 8. The van der Waals surface area contributed by atoms with Crippen LogP contribution in [0.2, 0.25) is 0 Å². The zero-order chi connectivity index (χ0) is 26.8. The lowest BCUT2D eigenvalue weighted by molar-refractivity contribution is -0.274. The third-order valence-electron chi connectivity index (χ3n) is 4.84. The number of amides is 2. The number of hydrogen-bond donors (Lipinski definition) is 3. The molecular formula is C24H24F3N5O4S. The minimum atomic E-state index is -4.83. The number of carbonyl (C=O) groups is 2. The fourth-order valence-corrected chi connectivity index (χ4v) is 4.02. The van der Waals surface area contributed by atoms with Gasteiger partial charge in [-0.25, -0.2) is 9.29 Å². The lowest BCUT2D eigenvalue weighted by Gasteiger charge is -2.22. The number of nitrogens with zero attached hydrogens (tertiary/aromatic N) is 3. The van der Waals surface area contributed by atoms with Gasteiger partial charge in [0.2, 0.25) is 5.91 Å². The molecule has 0 radical (unpaired) electrons. The van der Waals surface area contributed by atoms with Gasteiger partial charge in [-0.15, -0.1) is 13.2 Å². The number of anilines is 2. The van der Waals surface area contributed by atoms with E-state index in [0.29, 0.717) is 24.1 Å². The van der Waals surface area contributed by atoms with Crippen LogP contribution in [-0.4, -0.2) is 45.9 Å². The molecule has 0 aliphatic carbocycles. The Morgan fingerprint density at radius 2 is 1.92 bits per heavy atom. The first-order valence-corrected chi connectivity index (χ1v) is 12.0. The van der Waals surface area contributed by atoms with Gasteiger partial charge in [0.15, 0.2) is 0 Å². The van der Waals surface area contributed by atoms with Gasteiger partial charge in [0, 0.05) is 31.0 Å². The summed E-state index contributed by atoms with van der Waals surface area (Å²) in [5.74, 6) is -0.766. The Balaban J connectivity index is 1.76. The van der Waals surface area contributed by atoms with Gasteiger partial charge >= 0.3 is 6.36 Å². The number of aliphatic hydroxyl groups is 1. The molecule has 2 amide bonds. The summed E-state index contributed by atoms with van der Waals surface area (Å²) in [4.78, 5) is 33.5. The summed E-state index contributed by atoms with van der Waals surface area (Å²) in [5, 5.41) is 11.5. The van der Waals surface area contributed by atoms with Crippen LogP contribution in [0.25, 0.3) is 0 Å². The van der Waals surface area contributed by atoms with Crippen molar-refractivity contribution in [3.05, 3.63) is 78.2 Å². The molecule has 0 saturated carbocycles. The van der Waals surface area contributed by atoms with Gasteiger partial charge in [-0.2, -0.15) is 0 Å². The Hall–Kier alpha value is -3.68. The van der Waals surface area contributed by atoms with E-state index in [1.807, 2.05) is 0 Å². The number of halogens is 3. The van der Waals surface area contributed by atoms with Gasteiger partial charge in [-0.3, -0.25) is 14.6 Å². The monoisotopic (exact) mass is 535 g/mol. The Labute approximate surface area is 215 Å². The molecule has 1 aromatic carbocycles. The largest absolute Gasteiger partial charge is 0.573 e. The molecular weight excluding hydrogens is 511 g/mol. The van der Waals surface area contributed by atoms with E-state index < -0.39 is 30.0 Å². The summed E-state index contributed by atoms with van der Waals surface area (Å²) < 4.78 is 42.8. The first-order chi connectivity index (χ1) is 17.7. The molecule has 0 saturated heterocycles. The normalized spacial score (nSPS) is 12.0. The predicted octanol–water partition coefficient (Wildman–Crippen LogP) is 3.91. The summed E-state index contributed by atoms with van der Waals surface area (Å²) in [7, 11) is 0. The number of alkyl halides is 3. The Bertz CT molecular complexity index is 1180. The maximum atomic E-state index is 13.2. The second kappa shape index (κ2) is 13.0. The molecule has 0 spiro atoms. The highest BCUT2D eigenvalue weighted by atomic mass is 32.2. The predicted molar refractivity (Wildman–Crippen MR) is 133 cm³/mol. The fraction of sp³-hybridized carbons (Fsp3) is 0.250. The number of carbonyl (C=O) groups excluding carboxylic acids is 2. The number of ether oxygens (including phenoxy) is 1. The number of nitrogens with one attached hydrogen (secondary N) is 1. The third kappa shape index (κ3) is 8.74. The van der Waals surface area contributed by atoms with Gasteiger partial charge in [0.1, 0.15) is 11.6 Å². The molecule has 196 valence electrons. The van der Waals surface area contributed by atoms with E-state index in [2.05, 4.69) is 20.0 Å². The van der Waals surface area contributed by atoms with Crippen LogP contribution in [0, 0.1) is 0 Å². The van der Waals surface area contributed by atoms with Gasteiger partial charge in [-0.1, -0.05) is 0 Å². The highest BCUT2D eigenvalue weighted by molar-refractivity contribution is 8.00. The summed E-state index contributed by atoms with van der Waals surface area (Å²) in [5.41, 5.74) is 7.13. The SMILES string of the molecule is N[C@@H](CCCO)C(=O)Nc1cc(CSN(C(=O)c2cccnc2)c2ccc(OC(F)(F)F)cc2)ccn1. The lowest BCUT2D eigenvalue weighted by Crippen LogP contribution is -2.35. The van der Waals surface area contributed by atoms with Crippen molar-refractivity contribution in [1.29, 1.82) is 0 Å². The molecule has 0 aliphatic heterocycles. The van der Waals surface area contributed by atoms with Crippen molar-refractivity contribution in [1.82, 2.24) is 9.97 Å². The van der Waals surface area contributed by atoms with Crippen LogP contribution in [0.5, 0.6) is 5.75 Å². The molecule has 0 aliphatic rings. The van der Waals surface area contributed by atoms with Crippen LogP contribution in [0.3, 0.4) is 0 Å². The van der Waals surface area contributed by atoms with Gasteiger partial charge in [-0.05, 0) is 78.9 Å². The van der Waals surface area contributed by atoms with Crippen molar-refractivity contribution in [2.24, 2.45) is 5.73 Å². The second-order valence-corrected chi connectivity index (χ2v) is 8.58. The molecule has 13 heteroatoms. The van der Waals surface area contributed by atoms with Gasteiger partial charge in [0.05, 0.1) is 17.3 Å². The smallest absolute Gasteiger partial charge is 0.406 e. The standard InChI is InChI=1S/C24H24F3N5O4S/c25-24(26,27)36-19-7-5-18(6-8-19)32(23(35)17-3-1-10-29-14-17)37-15-16-9-11-30-21(13-16)31-22(34)20(28)4-2-12-33/h1,3,5-11,13-14,20,33H,2,4,12,15,28H2,(H,30,31,34)/t20-/m0/s1. The topological polar surface area (TPSA) is 131 Å². The maximum Gasteiger partial charge on any atom is 0.573 e. The molecule has 0 fully saturated rings. The van der Waals surface area contributed by atoms with Crippen LogP contribution in [0.15, 0.2) is 67.1 Å². The van der Waals surface area contributed by atoms with E-state index in [1.165, 1.54) is 35.0 Å². The van der Waals surface area contributed by atoms with Crippen molar-refractivity contribution in [2.75, 3.05) is 16.2 Å². The molecule has 3 aromatic rings. The molecule has 0 bridgehead atoms. The van der Waals surface area contributed by atoms with Crippen molar-refractivity contribution in [2.45, 2.75) is 31.0 Å². The Morgan fingerprint density at radius 1 is 1.16 bits per heavy atom. The molecule has 4 N–H and O–H groups in total. The van der Waals surface area contributed by atoms with Crippen molar-refractivity contribution < 1.29 is 32.6 Å². The molecule has 2 aromatic heterocycles. The molecule has 2 heterocycles. The average molecular weight is 536 g/mol. The second-order valence-electron chi connectivity index (χ2n) is 7.67. The lowest BCUT2D eigenvalue weighted by atomic mass is 10.1. The number of benzene rings is 1. The third-order valence-corrected chi connectivity index (χ3v) is 5.94. The quantitative estimate of drug-likeness (QED) is 0.315. The number of nitrogens with two attached hydrogens (primary N) is 1. The zero-order valence-electron chi connectivity index (χ0n) is 19.4. The zero-order valence-corrected chi connectivity index (χ0v) is 20.2. The highest BCUT2D eigenvalue weighted by Gasteiger charge is 2.31. The maximum absolute atomic E-state index is 13.2. The summed E-state index contributed by atoms with van der Waals surface area (Å²) in [6, 6.07) is 10.6. The van der Waals surface area contributed by atoms with Crippen molar-refractivity contribution in [3.63, 3.8) is 0 Å².